The first kappa shape index (κ1) is 32.5. The van der Waals surface area contributed by atoms with E-state index in [9.17, 15) is 27.2 Å². The quantitative estimate of drug-likeness (QED) is 0.139. The summed E-state index contributed by atoms with van der Waals surface area (Å²) in [7, 11) is 2.64. The minimum absolute atomic E-state index is 0.00527. The second-order valence-electron chi connectivity index (χ2n) is 7.97. The number of aliphatic hydroxyl groups excluding tert-OH is 1. The Bertz CT molecular complexity index is 1350. The van der Waals surface area contributed by atoms with Crippen LogP contribution in [0.2, 0.25) is 0 Å². The van der Waals surface area contributed by atoms with Gasteiger partial charge in [0.2, 0.25) is 5.88 Å². The Morgan fingerprint density at radius 3 is 2.37 bits per heavy atom. The zero-order valence-electron chi connectivity index (χ0n) is 22.3. The van der Waals surface area contributed by atoms with Crippen LogP contribution < -0.4 is 25.4 Å². The molecular formula is C27H29F4N5O5. The number of hydrogen-bond acceptors (Lipinski definition) is 8. The van der Waals surface area contributed by atoms with E-state index in [0.29, 0.717) is 31.5 Å². The number of aliphatic hydroxyl groups is 1. The first-order valence-corrected chi connectivity index (χ1v) is 12.0. The molecule has 2 amide bonds. The van der Waals surface area contributed by atoms with E-state index in [1.165, 1.54) is 32.5 Å². The average molecular weight is 580 g/mol. The highest BCUT2D eigenvalue weighted by Crippen LogP contribution is 2.33. The molecule has 3 aromatic rings. The molecule has 0 aliphatic carbocycles. The molecule has 0 fully saturated rings. The number of nitrogens with one attached hydrogen (secondary N) is 3. The number of carbonyl (C=O) groups excluding carboxylic acids is 2. The standard InChI is InChI=1S/C25H25F4N5O5.C2H4/c1-38-19-7-9-31-22(30-8-3-4-10-35)21(19)24(37)34-18-13-32-20(39-2)12-15(18)23(36)33-14-5-6-17(26)16(11-14)25(27,28)29;1-2/h5-7,9,11-13,35H,3-4,8,10H2,1-2H3,(H,30,31)(H,33,36)(H,34,37);1-2H2. The fourth-order valence-electron chi connectivity index (χ4n) is 3.45. The van der Waals surface area contributed by atoms with Gasteiger partial charge in [-0.1, -0.05) is 0 Å². The van der Waals surface area contributed by atoms with Gasteiger partial charge in [-0.25, -0.2) is 14.4 Å². The topological polar surface area (TPSA) is 135 Å². The van der Waals surface area contributed by atoms with Crippen molar-refractivity contribution in [3.63, 3.8) is 0 Å². The monoisotopic (exact) mass is 579 g/mol. The number of hydrogen-bond donors (Lipinski definition) is 4. The van der Waals surface area contributed by atoms with Crippen LogP contribution >= 0.6 is 0 Å². The summed E-state index contributed by atoms with van der Waals surface area (Å²) in [5, 5.41) is 16.8. The highest BCUT2D eigenvalue weighted by molar-refractivity contribution is 6.14. The summed E-state index contributed by atoms with van der Waals surface area (Å²) in [4.78, 5) is 34.5. The highest BCUT2D eigenvalue weighted by Gasteiger charge is 2.34. The van der Waals surface area contributed by atoms with Crippen LogP contribution in [-0.2, 0) is 6.18 Å². The van der Waals surface area contributed by atoms with Gasteiger partial charge in [0.25, 0.3) is 11.8 Å². The van der Waals surface area contributed by atoms with Gasteiger partial charge in [0, 0.05) is 31.1 Å². The molecule has 3 rings (SSSR count). The third kappa shape index (κ3) is 8.63. The molecule has 0 atom stereocenters. The van der Waals surface area contributed by atoms with Crippen molar-refractivity contribution in [1.82, 2.24) is 9.97 Å². The molecule has 10 nitrogen and oxygen atoms in total. The van der Waals surface area contributed by atoms with Crippen LogP contribution in [0.15, 0.2) is 55.9 Å². The van der Waals surface area contributed by atoms with Gasteiger partial charge in [0.1, 0.15) is 22.9 Å². The third-order valence-electron chi connectivity index (χ3n) is 5.35. The van der Waals surface area contributed by atoms with Crippen LogP contribution in [0.3, 0.4) is 0 Å². The number of rotatable bonds is 11. The van der Waals surface area contributed by atoms with E-state index in [4.69, 9.17) is 14.6 Å². The Hall–Kier alpha value is -4.72. The van der Waals surface area contributed by atoms with Gasteiger partial charge in [0.15, 0.2) is 0 Å². The van der Waals surface area contributed by atoms with Crippen LogP contribution in [0.5, 0.6) is 11.6 Å². The Labute approximate surface area is 233 Å². The van der Waals surface area contributed by atoms with Crippen LogP contribution in [0.4, 0.5) is 34.8 Å². The molecule has 0 unspecified atom stereocenters. The third-order valence-corrected chi connectivity index (χ3v) is 5.35. The van der Waals surface area contributed by atoms with Crippen molar-refractivity contribution in [2.24, 2.45) is 0 Å². The molecule has 0 saturated carbocycles. The molecule has 0 aliphatic rings. The first-order valence-electron chi connectivity index (χ1n) is 12.0. The van der Waals surface area contributed by atoms with Crippen molar-refractivity contribution in [1.29, 1.82) is 0 Å². The summed E-state index contributed by atoms with van der Waals surface area (Å²) in [5.74, 6) is -2.81. The smallest absolute Gasteiger partial charge is 0.419 e. The molecule has 14 heteroatoms. The second kappa shape index (κ2) is 15.2. The number of aromatic nitrogens is 2. The number of amides is 2. The van der Waals surface area contributed by atoms with E-state index < -0.39 is 29.4 Å². The summed E-state index contributed by atoms with van der Waals surface area (Å²) >= 11 is 0. The van der Waals surface area contributed by atoms with Crippen molar-refractivity contribution >= 4 is 29.0 Å². The number of halogens is 4. The van der Waals surface area contributed by atoms with Crippen LogP contribution in [0, 0.1) is 5.82 Å². The molecule has 0 saturated heterocycles. The van der Waals surface area contributed by atoms with E-state index >= 15 is 0 Å². The van der Waals surface area contributed by atoms with Crippen molar-refractivity contribution in [2.45, 2.75) is 19.0 Å². The molecule has 0 radical (unpaired) electrons. The normalized spacial score (nSPS) is 10.6. The minimum atomic E-state index is -4.98. The summed E-state index contributed by atoms with van der Waals surface area (Å²) in [5.41, 5.74) is -2.17. The van der Waals surface area contributed by atoms with Gasteiger partial charge in [0.05, 0.1) is 37.2 Å². The van der Waals surface area contributed by atoms with Gasteiger partial charge in [-0.05, 0) is 37.1 Å². The number of pyridine rings is 2. The molecule has 2 aromatic heterocycles. The summed E-state index contributed by atoms with van der Waals surface area (Å²) in [6.45, 7) is 6.40. The van der Waals surface area contributed by atoms with Crippen LogP contribution in [0.1, 0.15) is 39.1 Å². The maximum absolute atomic E-state index is 13.7. The summed E-state index contributed by atoms with van der Waals surface area (Å²) in [6.07, 6.45) is -1.28. The summed E-state index contributed by atoms with van der Waals surface area (Å²) in [6, 6.07) is 4.64. The molecule has 4 N–H and O–H groups in total. The molecule has 220 valence electrons. The lowest BCUT2D eigenvalue weighted by Crippen LogP contribution is -2.21. The predicted molar refractivity (Wildman–Crippen MR) is 145 cm³/mol. The number of alkyl halides is 3. The lowest BCUT2D eigenvalue weighted by Gasteiger charge is -2.16. The number of unbranched alkanes of at least 4 members (excludes halogenated alkanes) is 1. The number of methoxy groups -OCH3 is 2. The number of nitrogens with zero attached hydrogens (tertiary/aromatic N) is 2. The maximum Gasteiger partial charge on any atom is 0.419 e. The second-order valence-corrected chi connectivity index (χ2v) is 7.97. The fourth-order valence-corrected chi connectivity index (χ4v) is 3.45. The summed E-state index contributed by atoms with van der Waals surface area (Å²) < 4.78 is 63.3. The van der Waals surface area contributed by atoms with Gasteiger partial charge < -0.3 is 30.5 Å². The lowest BCUT2D eigenvalue weighted by atomic mass is 10.1. The number of anilines is 3. The van der Waals surface area contributed by atoms with E-state index in [-0.39, 0.29) is 46.6 Å². The van der Waals surface area contributed by atoms with E-state index in [2.05, 4.69) is 39.1 Å². The van der Waals surface area contributed by atoms with E-state index in [1.807, 2.05) is 0 Å². The minimum Gasteiger partial charge on any atom is -0.496 e. The Morgan fingerprint density at radius 1 is 1.00 bits per heavy atom. The Kier molecular flexibility index (Phi) is 12.0. The molecule has 2 heterocycles. The van der Waals surface area contributed by atoms with E-state index in [0.717, 1.165) is 12.3 Å². The van der Waals surface area contributed by atoms with Crippen molar-refractivity contribution in [3.8, 4) is 11.6 Å². The fraction of sp³-hybridized carbons (Fsp3) is 0.259. The molecule has 1 aromatic carbocycles. The van der Waals surface area contributed by atoms with Gasteiger partial charge >= 0.3 is 6.18 Å². The number of carbonyl (C=O) groups is 2. The molecular weight excluding hydrogens is 550 g/mol. The van der Waals surface area contributed by atoms with E-state index in [1.54, 1.807) is 0 Å². The average Bonchev–Trinajstić information content (AvgIpc) is 2.96. The SMILES string of the molecule is C=C.COc1cc(C(=O)Nc2ccc(F)c(C(F)(F)F)c2)c(NC(=O)c2c(OC)ccnc2NCCCCO)cn1. The molecule has 41 heavy (non-hydrogen) atoms. The van der Waals surface area contributed by atoms with Crippen molar-refractivity contribution < 1.29 is 41.7 Å². The first-order chi connectivity index (χ1) is 19.6. The predicted octanol–water partition coefficient (Wildman–Crippen LogP) is 5.14. The Morgan fingerprint density at radius 2 is 1.73 bits per heavy atom. The number of benzene rings is 1. The van der Waals surface area contributed by atoms with Crippen molar-refractivity contribution in [3.05, 3.63) is 78.4 Å². The van der Waals surface area contributed by atoms with Gasteiger partial charge in [-0.15, -0.1) is 13.2 Å². The number of ether oxygens (including phenoxy) is 2. The molecule has 0 spiro atoms. The molecule has 0 aliphatic heterocycles. The largest absolute Gasteiger partial charge is 0.496 e. The molecule has 0 bridgehead atoms. The zero-order chi connectivity index (χ0) is 30.6. The van der Waals surface area contributed by atoms with Crippen LogP contribution in [-0.4, -0.2) is 54.3 Å². The highest BCUT2D eigenvalue weighted by atomic mass is 19.4. The Balaban J connectivity index is 0.00000287. The lowest BCUT2D eigenvalue weighted by molar-refractivity contribution is -0.139. The van der Waals surface area contributed by atoms with Crippen LogP contribution in [0.25, 0.3) is 0 Å². The maximum atomic E-state index is 13.7. The zero-order valence-corrected chi connectivity index (χ0v) is 22.3. The van der Waals surface area contributed by atoms with Crippen molar-refractivity contribution in [2.75, 3.05) is 43.3 Å². The van der Waals surface area contributed by atoms with Gasteiger partial charge in [-0.2, -0.15) is 13.2 Å². The van der Waals surface area contributed by atoms with Gasteiger partial charge in [-0.3, -0.25) is 9.59 Å².